The van der Waals surface area contributed by atoms with Crippen LogP contribution in [0.2, 0.25) is 0 Å². The summed E-state index contributed by atoms with van der Waals surface area (Å²) in [5.41, 5.74) is -0.908. The molecule has 0 aliphatic rings. The molecule has 0 aliphatic heterocycles. The van der Waals surface area contributed by atoms with Gasteiger partial charge in [0.25, 0.3) is 5.56 Å². The van der Waals surface area contributed by atoms with Crippen LogP contribution in [0.1, 0.15) is 20.8 Å². The van der Waals surface area contributed by atoms with Crippen molar-refractivity contribution in [1.29, 1.82) is 0 Å². The van der Waals surface area contributed by atoms with Crippen molar-refractivity contribution in [2.45, 2.75) is 33.9 Å². The Labute approximate surface area is 105 Å². The summed E-state index contributed by atoms with van der Waals surface area (Å²) >= 11 is 0. The molecule has 18 heavy (non-hydrogen) atoms. The maximum absolute atomic E-state index is 11.8. The average Bonchev–Trinajstić information content (AvgIpc) is 2.32. The smallest absolute Gasteiger partial charge is 0.331 e. The molecule has 1 N–H and O–H groups in total. The summed E-state index contributed by atoms with van der Waals surface area (Å²) < 4.78 is 2.33. The van der Waals surface area contributed by atoms with Crippen LogP contribution < -0.4 is 16.6 Å². The van der Waals surface area contributed by atoms with Gasteiger partial charge < -0.3 is 9.88 Å². The molecule has 0 bridgehead atoms. The fraction of sp³-hybridized carbons (Fsp3) is 0.583. The van der Waals surface area contributed by atoms with Gasteiger partial charge in [-0.3, -0.25) is 14.2 Å². The predicted octanol–water partition coefficient (Wildman–Crippen LogP) is -0.198. The lowest BCUT2D eigenvalue weighted by Gasteiger charge is -2.10. The minimum Gasteiger partial charge on any atom is -0.354 e. The molecule has 6 heteroatoms. The molecule has 0 saturated heterocycles. The third-order valence-corrected chi connectivity index (χ3v) is 2.49. The molecule has 0 atom stereocenters. The van der Waals surface area contributed by atoms with E-state index in [9.17, 15) is 14.4 Å². The van der Waals surface area contributed by atoms with E-state index >= 15 is 0 Å². The van der Waals surface area contributed by atoms with Gasteiger partial charge in [0.2, 0.25) is 5.91 Å². The van der Waals surface area contributed by atoms with E-state index in [-0.39, 0.29) is 12.5 Å². The molecule has 0 saturated carbocycles. The Morgan fingerprint density at radius 3 is 2.61 bits per heavy atom. The van der Waals surface area contributed by atoms with E-state index in [1.807, 2.05) is 13.8 Å². The molecule has 0 spiro atoms. The summed E-state index contributed by atoms with van der Waals surface area (Å²) in [6.45, 7) is 6.51. The number of carbonyl (C=O) groups excluding carboxylic acids is 1. The largest absolute Gasteiger partial charge is 0.354 e. The van der Waals surface area contributed by atoms with Crippen LogP contribution in [0.3, 0.4) is 0 Å². The highest BCUT2D eigenvalue weighted by Gasteiger charge is 2.09. The Kier molecular flexibility index (Phi) is 4.88. The number of hydrogen-bond donors (Lipinski definition) is 1. The molecule has 0 aliphatic carbocycles. The van der Waals surface area contributed by atoms with E-state index in [1.54, 1.807) is 6.92 Å². The lowest BCUT2D eigenvalue weighted by atomic mass is 10.2. The Morgan fingerprint density at radius 1 is 1.39 bits per heavy atom. The normalized spacial score (nSPS) is 10.7. The first-order valence-electron chi connectivity index (χ1n) is 6.02. The lowest BCUT2D eigenvalue weighted by Crippen LogP contribution is -2.43. The molecule has 0 unspecified atom stereocenters. The molecule has 1 amide bonds. The maximum Gasteiger partial charge on any atom is 0.331 e. The molecular formula is C12H19N3O3. The Hall–Kier alpha value is -1.85. The fourth-order valence-corrected chi connectivity index (χ4v) is 1.46. The van der Waals surface area contributed by atoms with Crippen LogP contribution in [0.5, 0.6) is 0 Å². The summed E-state index contributed by atoms with van der Waals surface area (Å²) in [5, 5.41) is 2.68. The van der Waals surface area contributed by atoms with Gasteiger partial charge in [-0.2, -0.15) is 0 Å². The number of hydrogen-bond acceptors (Lipinski definition) is 3. The molecule has 1 heterocycles. The number of nitrogens with one attached hydrogen (secondary N) is 1. The van der Waals surface area contributed by atoms with E-state index in [2.05, 4.69) is 5.32 Å². The van der Waals surface area contributed by atoms with Gasteiger partial charge in [-0.25, -0.2) is 4.79 Å². The summed E-state index contributed by atoms with van der Waals surface area (Å²) in [5.74, 6) is 0.00509. The van der Waals surface area contributed by atoms with E-state index in [1.165, 1.54) is 16.8 Å². The summed E-state index contributed by atoms with van der Waals surface area (Å²) in [6, 6.07) is 1.29. The standard InChI is InChI=1S/C12H19N3O3/c1-4-14-6-5-11(17)15(12(14)18)8-10(16)13-7-9(2)3/h5-6,9H,4,7-8H2,1-3H3,(H,13,16). The zero-order chi connectivity index (χ0) is 13.7. The van der Waals surface area contributed by atoms with E-state index in [0.717, 1.165) is 4.57 Å². The molecule has 1 aromatic rings. The highest BCUT2D eigenvalue weighted by molar-refractivity contribution is 5.75. The first kappa shape index (κ1) is 14.2. The number of aryl methyl sites for hydroxylation is 1. The molecule has 0 fully saturated rings. The van der Waals surface area contributed by atoms with Crippen LogP contribution in [-0.4, -0.2) is 21.6 Å². The summed E-state index contributed by atoms with van der Waals surface area (Å²) in [4.78, 5) is 35.0. The van der Waals surface area contributed by atoms with Gasteiger partial charge in [0.1, 0.15) is 6.54 Å². The van der Waals surface area contributed by atoms with Crippen molar-refractivity contribution in [2.75, 3.05) is 6.54 Å². The van der Waals surface area contributed by atoms with Crippen molar-refractivity contribution in [3.63, 3.8) is 0 Å². The van der Waals surface area contributed by atoms with Gasteiger partial charge in [0.05, 0.1) is 0 Å². The monoisotopic (exact) mass is 253 g/mol. The average molecular weight is 253 g/mol. The van der Waals surface area contributed by atoms with Crippen molar-refractivity contribution < 1.29 is 4.79 Å². The second-order valence-corrected chi connectivity index (χ2v) is 4.51. The second kappa shape index (κ2) is 6.18. The molecule has 0 radical (unpaired) electrons. The van der Waals surface area contributed by atoms with Gasteiger partial charge in [-0.15, -0.1) is 0 Å². The number of rotatable bonds is 5. The van der Waals surface area contributed by atoms with Crippen molar-refractivity contribution in [2.24, 2.45) is 5.92 Å². The van der Waals surface area contributed by atoms with Crippen molar-refractivity contribution in [3.05, 3.63) is 33.1 Å². The van der Waals surface area contributed by atoms with Crippen LogP contribution in [0, 0.1) is 5.92 Å². The highest BCUT2D eigenvalue weighted by Crippen LogP contribution is 1.87. The molecule has 6 nitrogen and oxygen atoms in total. The molecule has 1 aromatic heterocycles. The van der Waals surface area contributed by atoms with Crippen molar-refractivity contribution in [1.82, 2.24) is 14.5 Å². The van der Waals surface area contributed by atoms with Crippen LogP contribution in [-0.2, 0) is 17.9 Å². The van der Waals surface area contributed by atoms with Gasteiger partial charge >= 0.3 is 5.69 Å². The molecular weight excluding hydrogens is 234 g/mol. The Bertz CT molecular complexity index is 528. The minimum absolute atomic E-state index is 0.231. The first-order chi connectivity index (χ1) is 8.45. The predicted molar refractivity (Wildman–Crippen MR) is 68.5 cm³/mol. The van der Waals surface area contributed by atoms with Crippen LogP contribution in [0.15, 0.2) is 21.9 Å². The van der Waals surface area contributed by atoms with Crippen molar-refractivity contribution in [3.8, 4) is 0 Å². The van der Waals surface area contributed by atoms with Gasteiger partial charge in [-0.05, 0) is 12.8 Å². The number of carbonyl (C=O) groups is 1. The third-order valence-electron chi connectivity index (χ3n) is 2.49. The minimum atomic E-state index is -0.454. The third kappa shape index (κ3) is 3.58. The zero-order valence-electron chi connectivity index (χ0n) is 11.0. The molecule has 100 valence electrons. The first-order valence-corrected chi connectivity index (χ1v) is 6.02. The molecule has 0 aromatic carbocycles. The van der Waals surface area contributed by atoms with Gasteiger partial charge in [0.15, 0.2) is 0 Å². The number of nitrogens with zero attached hydrogens (tertiary/aromatic N) is 2. The van der Waals surface area contributed by atoms with Crippen LogP contribution in [0.4, 0.5) is 0 Å². The second-order valence-electron chi connectivity index (χ2n) is 4.51. The van der Waals surface area contributed by atoms with Crippen molar-refractivity contribution >= 4 is 5.91 Å². The lowest BCUT2D eigenvalue weighted by molar-refractivity contribution is -0.121. The number of amides is 1. The van der Waals surface area contributed by atoms with Crippen LogP contribution >= 0.6 is 0 Å². The molecule has 1 rings (SSSR count). The van der Waals surface area contributed by atoms with Gasteiger partial charge in [-0.1, -0.05) is 13.8 Å². The Morgan fingerprint density at radius 2 is 2.06 bits per heavy atom. The quantitative estimate of drug-likeness (QED) is 0.790. The Balaban J connectivity index is 2.88. The van der Waals surface area contributed by atoms with Gasteiger partial charge in [0, 0.05) is 25.4 Å². The van der Waals surface area contributed by atoms with E-state index in [0.29, 0.717) is 19.0 Å². The zero-order valence-corrected chi connectivity index (χ0v) is 11.0. The summed E-state index contributed by atoms with van der Waals surface area (Å²) in [6.07, 6.45) is 1.44. The van der Waals surface area contributed by atoms with Crippen LogP contribution in [0.25, 0.3) is 0 Å². The highest BCUT2D eigenvalue weighted by atomic mass is 16.2. The topological polar surface area (TPSA) is 73.1 Å². The maximum atomic E-state index is 11.8. The summed E-state index contributed by atoms with van der Waals surface area (Å²) in [7, 11) is 0. The van der Waals surface area contributed by atoms with E-state index < -0.39 is 11.2 Å². The van der Waals surface area contributed by atoms with E-state index in [4.69, 9.17) is 0 Å². The fourth-order valence-electron chi connectivity index (χ4n) is 1.46. The SMILES string of the molecule is CCn1ccc(=O)n(CC(=O)NCC(C)C)c1=O. The number of aromatic nitrogens is 2.